The maximum absolute atomic E-state index is 5.76. The Morgan fingerprint density at radius 1 is 1.47 bits per heavy atom. The predicted molar refractivity (Wildman–Crippen MR) is 76.2 cm³/mol. The molecule has 4 nitrogen and oxygen atoms in total. The number of methoxy groups -OCH3 is 1. The van der Waals surface area contributed by atoms with Gasteiger partial charge in [-0.25, -0.2) is 0 Å². The van der Waals surface area contributed by atoms with Crippen molar-refractivity contribution >= 4 is 0 Å². The third kappa shape index (κ3) is 3.26. The van der Waals surface area contributed by atoms with Gasteiger partial charge in [0.15, 0.2) is 0 Å². The lowest BCUT2D eigenvalue weighted by atomic mass is 10.1. The predicted octanol–water partition coefficient (Wildman–Crippen LogP) is 1.76. The van der Waals surface area contributed by atoms with Crippen LogP contribution in [0, 0.1) is 0 Å². The van der Waals surface area contributed by atoms with Crippen molar-refractivity contribution in [3.63, 3.8) is 0 Å². The smallest absolute Gasteiger partial charge is 0.123 e. The van der Waals surface area contributed by atoms with Crippen LogP contribution in [-0.4, -0.2) is 37.8 Å². The summed E-state index contributed by atoms with van der Waals surface area (Å²) in [6, 6.07) is 6.74. The second kappa shape index (κ2) is 6.37. The molecule has 2 atom stereocenters. The van der Waals surface area contributed by atoms with Gasteiger partial charge in [-0.15, -0.1) is 0 Å². The zero-order valence-corrected chi connectivity index (χ0v) is 12.1. The molecule has 0 bridgehead atoms. The molecule has 2 N–H and O–H groups in total. The number of hydrogen-bond donors (Lipinski definition) is 1. The van der Waals surface area contributed by atoms with E-state index in [0.29, 0.717) is 18.7 Å². The van der Waals surface area contributed by atoms with Gasteiger partial charge in [-0.3, -0.25) is 4.90 Å². The lowest BCUT2D eigenvalue weighted by molar-refractivity contribution is 0.0814. The van der Waals surface area contributed by atoms with Crippen molar-refractivity contribution in [3.8, 4) is 5.75 Å². The molecule has 0 radical (unpaired) electrons. The molecule has 2 unspecified atom stereocenters. The van der Waals surface area contributed by atoms with Crippen LogP contribution in [0.15, 0.2) is 18.2 Å². The van der Waals surface area contributed by atoms with Gasteiger partial charge in [0, 0.05) is 31.3 Å². The lowest BCUT2D eigenvalue weighted by Crippen LogP contribution is -2.36. The number of ether oxygens (including phenoxy) is 2. The summed E-state index contributed by atoms with van der Waals surface area (Å²) in [5.41, 5.74) is 8.08. The van der Waals surface area contributed by atoms with E-state index in [4.69, 9.17) is 15.2 Å². The molecule has 0 aromatic heterocycles. The molecule has 0 saturated carbocycles. The first-order chi connectivity index (χ1) is 9.15. The number of benzene rings is 1. The first-order valence-electron chi connectivity index (χ1n) is 6.83. The van der Waals surface area contributed by atoms with E-state index in [1.54, 1.807) is 7.11 Å². The van der Waals surface area contributed by atoms with Crippen LogP contribution in [0.2, 0.25) is 0 Å². The summed E-state index contributed by atoms with van der Waals surface area (Å²) in [5, 5.41) is 0. The van der Waals surface area contributed by atoms with E-state index in [1.165, 1.54) is 5.56 Å². The number of rotatable bonds is 5. The highest BCUT2D eigenvalue weighted by molar-refractivity contribution is 5.37. The molecule has 1 aromatic carbocycles. The van der Waals surface area contributed by atoms with Gasteiger partial charge >= 0.3 is 0 Å². The normalized spacial score (nSPS) is 23.0. The maximum atomic E-state index is 5.76. The summed E-state index contributed by atoms with van der Waals surface area (Å²) >= 11 is 0. The van der Waals surface area contributed by atoms with Crippen LogP contribution in [-0.2, 0) is 17.8 Å². The summed E-state index contributed by atoms with van der Waals surface area (Å²) in [6.07, 6.45) is 1.43. The van der Waals surface area contributed by atoms with Crippen molar-refractivity contribution in [3.05, 3.63) is 29.3 Å². The minimum Gasteiger partial charge on any atom is -0.496 e. The molecule has 4 heteroatoms. The minimum absolute atomic E-state index is 0.317. The van der Waals surface area contributed by atoms with Gasteiger partial charge in [0.05, 0.1) is 13.2 Å². The molecule has 1 aromatic rings. The summed E-state index contributed by atoms with van der Waals surface area (Å²) in [5.74, 6) is 0.867. The van der Waals surface area contributed by atoms with Gasteiger partial charge in [0.25, 0.3) is 0 Å². The van der Waals surface area contributed by atoms with Crippen LogP contribution >= 0.6 is 0 Å². The van der Waals surface area contributed by atoms with Gasteiger partial charge in [-0.05, 0) is 38.1 Å². The van der Waals surface area contributed by atoms with Crippen LogP contribution in [0.1, 0.15) is 24.5 Å². The number of hydrogen-bond acceptors (Lipinski definition) is 4. The first kappa shape index (κ1) is 14.3. The zero-order valence-electron chi connectivity index (χ0n) is 12.1. The Hall–Kier alpha value is -1.10. The van der Waals surface area contributed by atoms with Crippen molar-refractivity contribution < 1.29 is 9.47 Å². The Labute approximate surface area is 115 Å². The highest BCUT2D eigenvalue weighted by Gasteiger charge is 2.27. The Balaban J connectivity index is 2.06. The molecular weight excluding hydrogens is 240 g/mol. The average Bonchev–Trinajstić information content (AvgIpc) is 2.85. The van der Waals surface area contributed by atoms with Gasteiger partial charge in [0.1, 0.15) is 5.75 Å². The van der Waals surface area contributed by atoms with Gasteiger partial charge in [-0.2, -0.15) is 0 Å². The van der Waals surface area contributed by atoms with Crippen molar-refractivity contribution in [1.82, 2.24) is 4.90 Å². The lowest BCUT2D eigenvalue weighted by Gasteiger charge is -2.26. The Kier molecular flexibility index (Phi) is 4.80. The fraction of sp³-hybridized carbons (Fsp3) is 0.600. The fourth-order valence-electron chi connectivity index (χ4n) is 2.79. The van der Waals surface area contributed by atoms with E-state index in [1.807, 2.05) is 6.07 Å². The van der Waals surface area contributed by atoms with Crippen molar-refractivity contribution in [1.29, 1.82) is 0 Å². The number of likely N-dealkylation sites (N-methyl/N-ethyl adjacent to an activating group) is 1. The zero-order chi connectivity index (χ0) is 13.8. The first-order valence-corrected chi connectivity index (χ1v) is 6.83. The summed E-state index contributed by atoms with van der Waals surface area (Å²) in [4.78, 5) is 2.36. The van der Waals surface area contributed by atoms with Crippen molar-refractivity contribution in [2.75, 3.05) is 20.8 Å². The molecule has 1 heterocycles. The SMILES string of the molecule is COc1ccc(CN(C)C2CCOC2C)cc1CN. The molecule has 106 valence electrons. The van der Waals surface area contributed by atoms with Crippen LogP contribution in [0.3, 0.4) is 0 Å². The maximum Gasteiger partial charge on any atom is 0.123 e. The monoisotopic (exact) mass is 264 g/mol. The van der Waals surface area contributed by atoms with Crippen LogP contribution in [0.5, 0.6) is 5.75 Å². The van der Waals surface area contributed by atoms with Crippen LogP contribution in [0.25, 0.3) is 0 Å². The van der Waals surface area contributed by atoms with E-state index >= 15 is 0 Å². The average molecular weight is 264 g/mol. The van der Waals surface area contributed by atoms with E-state index in [2.05, 4.69) is 31.0 Å². The summed E-state index contributed by atoms with van der Waals surface area (Å²) in [6.45, 7) is 4.43. The fourth-order valence-corrected chi connectivity index (χ4v) is 2.79. The van der Waals surface area contributed by atoms with E-state index < -0.39 is 0 Å². The molecule has 1 saturated heterocycles. The molecular formula is C15H24N2O2. The van der Waals surface area contributed by atoms with E-state index in [0.717, 1.165) is 30.9 Å². The van der Waals surface area contributed by atoms with Gasteiger partial charge < -0.3 is 15.2 Å². The van der Waals surface area contributed by atoms with E-state index in [-0.39, 0.29) is 0 Å². The molecule has 1 fully saturated rings. The molecule has 1 aliphatic heterocycles. The van der Waals surface area contributed by atoms with Gasteiger partial charge in [-0.1, -0.05) is 6.07 Å². The van der Waals surface area contributed by atoms with Gasteiger partial charge in [0.2, 0.25) is 0 Å². The summed E-state index contributed by atoms with van der Waals surface area (Å²) in [7, 11) is 3.83. The molecule has 2 rings (SSSR count). The number of nitrogens with two attached hydrogens (primary N) is 1. The Bertz CT molecular complexity index is 423. The standard InChI is InChI=1S/C15H24N2O2/c1-11-14(6-7-19-11)17(2)10-12-4-5-15(18-3)13(8-12)9-16/h4-5,8,11,14H,6-7,9-10,16H2,1-3H3. The molecule has 0 aliphatic carbocycles. The molecule has 1 aliphatic rings. The van der Waals surface area contributed by atoms with Crippen molar-refractivity contribution in [2.45, 2.75) is 38.6 Å². The third-order valence-corrected chi connectivity index (χ3v) is 3.90. The second-order valence-corrected chi connectivity index (χ2v) is 5.20. The molecule has 19 heavy (non-hydrogen) atoms. The highest BCUT2D eigenvalue weighted by Crippen LogP contribution is 2.23. The van der Waals surface area contributed by atoms with E-state index in [9.17, 15) is 0 Å². The second-order valence-electron chi connectivity index (χ2n) is 5.20. The topological polar surface area (TPSA) is 47.7 Å². The molecule has 0 spiro atoms. The third-order valence-electron chi connectivity index (χ3n) is 3.90. The quantitative estimate of drug-likeness (QED) is 0.880. The van der Waals surface area contributed by atoms with Crippen molar-refractivity contribution in [2.24, 2.45) is 5.73 Å². The molecule has 0 amide bonds. The van der Waals surface area contributed by atoms with Crippen LogP contribution in [0.4, 0.5) is 0 Å². The van der Waals surface area contributed by atoms with Crippen LogP contribution < -0.4 is 10.5 Å². The minimum atomic E-state index is 0.317. The summed E-state index contributed by atoms with van der Waals surface area (Å²) < 4.78 is 10.9. The Morgan fingerprint density at radius 2 is 2.26 bits per heavy atom. The highest BCUT2D eigenvalue weighted by atomic mass is 16.5. The Morgan fingerprint density at radius 3 is 2.84 bits per heavy atom. The number of nitrogens with zero attached hydrogens (tertiary/aromatic N) is 1. The largest absolute Gasteiger partial charge is 0.496 e.